The highest BCUT2D eigenvalue weighted by atomic mass is 16.6. The van der Waals surface area contributed by atoms with Crippen molar-refractivity contribution in [3.8, 4) is 5.75 Å². The van der Waals surface area contributed by atoms with E-state index in [0.29, 0.717) is 24.0 Å². The molecule has 2 aliphatic rings. The Kier molecular flexibility index (Phi) is 6.37. The van der Waals surface area contributed by atoms with E-state index < -0.39 is 0 Å². The third-order valence-electron chi connectivity index (χ3n) is 4.17. The van der Waals surface area contributed by atoms with Crippen molar-refractivity contribution in [2.45, 2.75) is 33.0 Å². The number of carbonyl (C=O) groups is 1. The number of allylic oxidation sites excluding steroid dienone is 1. The fourth-order valence-corrected chi connectivity index (χ4v) is 2.81. The van der Waals surface area contributed by atoms with Crippen molar-refractivity contribution in [3.05, 3.63) is 35.9 Å². The Labute approximate surface area is 138 Å². The van der Waals surface area contributed by atoms with E-state index >= 15 is 0 Å². The Morgan fingerprint density at radius 2 is 1.61 bits per heavy atom. The van der Waals surface area contributed by atoms with Crippen LogP contribution in [0, 0.1) is 11.8 Å². The first-order chi connectivity index (χ1) is 11.0. The summed E-state index contributed by atoms with van der Waals surface area (Å²) in [6.07, 6.45) is 4.12. The Balaban J connectivity index is 0.000000172. The van der Waals surface area contributed by atoms with Crippen LogP contribution in [-0.4, -0.2) is 38.3 Å². The minimum absolute atomic E-state index is 0.0517. The van der Waals surface area contributed by atoms with Gasteiger partial charge in [0.2, 0.25) is 0 Å². The summed E-state index contributed by atoms with van der Waals surface area (Å²) in [5.74, 6) is 2.08. The molecule has 0 N–H and O–H groups in total. The lowest BCUT2D eigenvalue weighted by Gasteiger charge is -2.10. The van der Waals surface area contributed by atoms with Gasteiger partial charge in [0, 0.05) is 11.8 Å². The van der Waals surface area contributed by atoms with Gasteiger partial charge in [-0.1, -0.05) is 32.1 Å². The lowest BCUT2D eigenvalue weighted by atomic mass is 9.99. The fraction of sp³-hybridized carbons (Fsp3) is 0.526. The van der Waals surface area contributed by atoms with Gasteiger partial charge < -0.3 is 14.2 Å². The van der Waals surface area contributed by atoms with Crippen LogP contribution in [-0.2, 0) is 14.3 Å². The number of fused-ring (bicyclic) bond motifs is 1. The zero-order valence-electron chi connectivity index (χ0n) is 14.3. The number of carbonyl (C=O) groups excluding carboxylic acids is 1. The van der Waals surface area contributed by atoms with E-state index in [1.54, 1.807) is 19.3 Å². The van der Waals surface area contributed by atoms with Crippen molar-refractivity contribution in [2.24, 2.45) is 11.8 Å². The molecule has 0 unspecified atom stereocenters. The van der Waals surface area contributed by atoms with Gasteiger partial charge in [-0.2, -0.15) is 0 Å². The van der Waals surface area contributed by atoms with Gasteiger partial charge in [-0.05, 0) is 30.7 Å². The van der Waals surface area contributed by atoms with Crippen molar-refractivity contribution in [1.29, 1.82) is 0 Å². The molecule has 0 spiro atoms. The van der Waals surface area contributed by atoms with E-state index in [1.165, 1.54) is 6.92 Å². The highest BCUT2D eigenvalue weighted by molar-refractivity contribution is 5.91. The largest absolute Gasteiger partial charge is 0.497 e. The van der Waals surface area contributed by atoms with E-state index in [9.17, 15) is 4.79 Å². The molecular formula is C19H26O4. The smallest absolute Gasteiger partial charge is 0.152 e. The van der Waals surface area contributed by atoms with Crippen LogP contribution in [0.5, 0.6) is 5.75 Å². The Morgan fingerprint density at radius 1 is 1.09 bits per heavy atom. The second-order valence-corrected chi connectivity index (χ2v) is 6.27. The number of ether oxygens (including phenoxy) is 3. The third-order valence-corrected chi connectivity index (χ3v) is 4.17. The van der Waals surface area contributed by atoms with Crippen LogP contribution in [0.1, 0.15) is 26.3 Å². The molecule has 0 amide bonds. The third kappa shape index (κ3) is 4.91. The first kappa shape index (κ1) is 17.7. The van der Waals surface area contributed by atoms with Crippen molar-refractivity contribution in [1.82, 2.24) is 0 Å². The molecule has 0 aliphatic carbocycles. The van der Waals surface area contributed by atoms with E-state index in [-0.39, 0.29) is 5.78 Å². The van der Waals surface area contributed by atoms with Gasteiger partial charge in [0.15, 0.2) is 5.78 Å². The maximum atomic E-state index is 10.6. The van der Waals surface area contributed by atoms with Gasteiger partial charge in [0.25, 0.3) is 0 Å². The van der Waals surface area contributed by atoms with Gasteiger partial charge in [0.05, 0.1) is 32.5 Å². The van der Waals surface area contributed by atoms with Crippen LogP contribution in [0.4, 0.5) is 0 Å². The molecule has 0 aromatic heterocycles. The molecule has 4 nitrogen and oxygen atoms in total. The molecule has 4 heteroatoms. The van der Waals surface area contributed by atoms with Crippen molar-refractivity contribution in [3.63, 3.8) is 0 Å². The highest BCUT2D eigenvalue weighted by Gasteiger charge is 2.43. The monoisotopic (exact) mass is 318 g/mol. The number of hydrogen-bond acceptors (Lipinski definition) is 4. The summed E-state index contributed by atoms with van der Waals surface area (Å²) in [5.41, 5.74) is 0.996. The summed E-state index contributed by atoms with van der Waals surface area (Å²) >= 11 is 0. The topological polar surface area (TPSA) is 44.8 Å². The summed E-state index contributed by atoms with van der Waals surface area (Å²) in [6.45, 7) is 7.70. The lowest BCUT2D eigenvalue weighted by molar-refractivity contribution is -0.112. The molecule has 0 radical (unpaired) electrons. The number of ketones is 1. The van der Waals surface area contributed by atoms with E-state index in [0.717, 1.165) is 24.5 Å². The van der Waals surface area contributed by atoms with Crippen LogP contribution in [0.25, 0.3) is 6.08 Å². The van der Waals surface area contributed by atoms with Crippen LogP contribution < -0.4 is 4.74 Å². The first-order valence-electron chi connectivity index (χ1n) is 8.07. The maximum absolute atomic E-state index is 10.6. The second-order valence-electron chi connectivity index (χ2n) is 6.27. The zero-order chi connectivity index (χ0) is 16.8. The zero-order valence-corrected chi connectivity index (χ0v) is 14.3. The Hall–Kier alpha value is -1.65. The van der Waals surface area contributed by atoms with Gasteiger partial charge in [-0.15, -0.1) is 0 Å². The number of methoxy groups -OCH3 is 1. The number of benzene rings is 1. The molecule has 2 fully saturated rings. The predicted octanol–water partition coefficient (Wildman–Crippen LogP) is 3.35. The minimum atomic E-state index is 0.0517. The Bertz CT molecular complexity index is 519. The molecule has 1 aromatic rings. The standard InChI is InChI=1S/C11H12O2.C8H14O2/c1-9(12)3-4-10-5-7-11(13-2)8-6-10;1-5-3-9-8-6(2)4-10-7(5)8/h3-8H,1-2H3;5-8H,3-4H2,1-2H3/t;5-,6+,7-,8-/m.1/s1. The molecule has 0 bridgehead atoms. The van der Waals surface area contributed by atoms with Gasteiger partial charge >= 0.3 is 0 Å². The van der Waals surface area contributed by atoms with Crippen LogP contribution >= 0.6 is 0 Å². The molecule has 3 rings (SSSR count). The van der Waals surface area contributed by atoms with Crippen LogP contribution in [0.3, 0.4) is 0 Å². The summed E-state index contributed by atoms with van der Waals surface area (Å²) in [7, 11) is 1.63. The molecule has 2 heterocycles. The van der Waals surface area contributed by atoms with Gasteiger partial charge in [-0.3, -0.25) is 4.79 Å². The number of hydrogen-bond donors (Lipinski definition) is 0. The fourth-order valence-electron chi connectivity index (χ4n) is 2.81. The lowest BCUT2D eigenvalue weighted by Crippen LogP contribution is -2.23. The summed E-state index contributed by atoms with van der Waals surface area (Å²) in [6, 6.07) is 7.52. The molecule has 0 saturated carbocycles. The van der Waals surface area contributed by atoms with Gasteiger partial charge in [-0.25, -0.2) is 0 Å². The predicted molar refractivity (Wildman–Crippen MR) is 90.5 cm³/mol. The van der Waals surface area contributed by atoms with E-state index in [1.807, 2.05) is 24.3 Å². The van der Waals surface area contributed by atoms with E-state index in [4.69, 9.17) is 14.2 Å². The van der Waals surface area contributed by atoms with Gasteiger partial charge in [0.1, 0.15) is 5.75 Å². The molecule has 23 heavy (non-hydrogen) atoms. The minimum Gasteiger partial charge on any atom is -0.497 e. The maximum Gasteiger partial charge on any atom is 0.152 e. The summed E-state index contributed by atoms with van der Waals surface area (Å²) < 4.78 is 16.2. The van der Waals surface area contributed by atoms with Crippen molar-refractivity contribution in [2.75, 3.05) is 20.3 Å². The molecule has 2 aliphatic heterocycles. The molecule has 2 saturated heterocycles. The molecular weight excluding hydrogens is 292 g/mol. The second kappa shape index (κ2) is 8.27. The summed E-state index contributed by atoms with van der Waals surface area (Å²) in [5, 5.41) is 0. The van der Waals surface area contributed by atoms with E-state index in [2.05, 4.69) is 13.8 Å². The average molecular weight is 318 g/mol. The normalized spacial score (nSPS) is 29.0. The molecule has 4 atom stereocenters. The highest BCUT2D eigenvalue weighted by Crippen LogP contribution is 2.33. The quantitative estimate of drug-likeness (QED) is 0.802. The average Bonchev–Trinajstić information content (AvgIpc) is 3.10. The number of rotatable bonds is 3. The first-order valence-corrected chi connectivity index (χ1v) is 8.07. The van der Waals surface area contributed by atoms with Crippen molar-refractivity contribution >= 4 is 11.9 Å². The Morgan fingerprint density at radius 3 is 2.04 bits per heavy atom. The molecule has 126 valence electrons. The van der Waals surface area contributed by atoms with Crippen LogP contribution in [0.2, 0.25) is 0 Å². The SMILES string of the molecule is COc1ccc(C=CC(C)=O)cc1.C[C@@H]1CO[C@H]2[C@@H]1OC[C@@H]2C. The molecule has 1 aromatic carbocycles. The summed E-state index contributed by atoms with van der Waals surface area (Å²) in [4.78, 5) is 10.6. The van der Waals surface area contributed by atoms with Crippen LogP contribution in [0.15, 0.2) is 30.3 Å². The van der Waals surface area contributed by atoms with Crippen molar-refractivity contribution < 1.29 is 19.0 Å².